The average molecular weight is 439 g/mol. The van der Waals surface area contributed by atoms with Gasteiger partial charge in [-0.25, -0.2) is 4.79 Å². The van der Waals surface area contributed by atoms with Crippen molar-refractivity contribution < 1.29 is 14.6 Å². The Morgan fingerprint density at radius 3 is 2.03 bits per heavy atom. The quantitative estimate of drug-likeness (QED) is 0.234. The van der Waals surface area contributed by atoms with E-state index in [2.05, 4.69) is 31.1 Å². The minimum atomic E-state index is -0.913. The highest BCUT2D eigenvalue weighted by Crippen LogP contribution is 2.31. The molecule has 0 aliphatic carbocycles. The lowest BCUT2D eigenvalue weighted by Crippen LogP contribution is -2.49. The predicted molar refractivity (Wildman–Crippen MR) is 133 cm³/mol. The standard InChI is InChI=1S/C27H38N2O3/c1-5-7-18-27(19-8-6-2,32-26(31)21(3)4)25(30)20-28-22-14-16-24(17-15-22)29-23-12-10-9-11-13-23/h9-17,25,28-30H,3,5-8,18-20H2,1-2,4H3. The number of nitrogens with one attached hydrogen (secondary N) is 2. The van der Waals surface area contributed by atoms with E-state index in [1.807, 2.05) is 54.6 Å². The SMILES string of the molecule is C=C(C)C(=O)OC(CCCC)(CCCC)C(O)CNc1ccc(Nc2ccccc2)cc1. The molecule has 3 N–H and O–H groups in total. The van der Waals surface area contributed by atoms with Crippen molar-refractivity contribution in [2.45, 2.75) is 71.0 Å². The lowest BCUT2D eigenvalue weighted by Gasteiger charge is -2.38. The molecule has 0 bridgehead atoms. The van der Waals surface area contributed by atoms with Crippen LogP contribution in [0.25, 0.3) is 0 Å². The van der Waals surface area contributed by atoms with E-state index in [0.717, 1.165) is 42.7 Å². The molecule has 2 aromatic rings. The fraction of sp³-hybridized carbons (Fsp3) is 0.444. The zero-order valence-corrected chi connectivity index (χ0v) is 19.7. The number of unbranched alkanes of at least 4 members (excludes halogenated alkanes) is 2. The van der Waals surface area contributed by atoms with Crippen molar-refractivity contribution in [1.29, 1.82) is 0 Å². The number of para-hydroxylation sites is 1. The molecule has 174 valence electrons. The minimum absolute atomic E-state index is 0.294. The largest absolute Gasteiger partial charge is 0.453 e. The normalized spacial score (nSPS) is 12.1. The molecular formula is C27H38N2O3. The lowest BCUT2D eigenvalue weighted by molar-refractivity contribution is -0.171. The highest BCUT2D eigenvalue weighted by molar-refractivity contribution is 5.87. The van der Waals surface area contributed by atoms with Crippen LogP contribution in [0.5, 0.6) is 0 Å². The molecular weight excluding hydrogens is 400 g/mol. The van der Waals surface area contributed by atoms with E-state index in [-0.39, 0.29) is 0 Å². The van der Waals surface area contributed by atoms with Gasteiger partial charge < -0.3 is 20.5 Å². The molecule has 5 heteroatoms. The van der Waals surface area contributed by atoms with E-state index in [0.29, 0.717) is 25.0 Å². The molecule has 0 aliphatic rings. The second kappa shape index (κ2) is 12.9. The number of aliphatic hydroxyl groups excluding tert-OH is 1. The fourth-order valence-electron chi connectivity index (χ4n) is 3.61. The predicted octanol–water partition coefficient (Wildman–Crippen LogP) is 6.44. The third kappa shape index (κ3) is 7.72. The number of hydrogen-bond acceptors (Lipinski definition) is 5. The van der Waals surface area contributed by atoms with Crippen molar-refractivity contribution in [2.75, 3.05) is 17.2 Å². The van der Waals surface area contributed by atoms with Crippen LogP contribution < -0.4 is 10.6 Å². The van der Waals surface area contributed by atoms with Crippen LogP contribution >= 0.6 is 0 Å². The summed E-state index contributed by atoms with van der Waals surface area (Å²) in [5, 5.41) is 17.8. The van der Waals surface area contributed by atoms with Gasteiger partial charge >= 0.3 is 5.97 Å². The summed E-state index contributed by atoms with van der Waals surface area (Å²) in [5.74, 6) is -0.437. The van der Waals surface area contributed by atoms with Crippen molar-refractivity contribution in [1.82, 2.24) is 0 Å². The maximum atomic E-state index is 12.4. The van der Waals surface area contributed by atoms with Gasteiger partial charge in [-0.3, -0.25) is 0 Å². The Bertz CT molecular complexity index is 826. The molecule has 0 spiro atoms. The van der Waals surface area contributed by atoms with Gasteiger partial charge in [-0.05, 0) is 69.0 Å². The molecule has 0 radical (unpaired) electrons. The van der Waals surface area contributed by atoms with Gasteiger partial charge in [0.15, 0.2) is 0 Å². The summed E-state index contributed by atoms with van der Waals surface area (Å²) >= 11 is 0. The molecule has 0 saturated heterocycles. The van der Waals surface area contributed by atoms with E-state index in [1.165, 1.54) is 0 Å². The van der Waals surface area contributed by atoms with Crippen LogP contribution in [0.2, 0.25) is 0 Å². The number of benzene rings is 2. The number of hydrogen-bond donors (Lipinski definition) is 3. The molecule has 0 fully saturated rings. The van der Waals surface area contributed by atoms with Crippen LogP contribution in [-0.4, -0.2) is 29.3 Å². The van der Waals surface area contributed by atoms with Crippen LogP contribution in [0.3, 0.4) is 0 Å². The smallest absolute Gasteiger partial charge is 0.333 e. The molecule has 0 heterocycles. The van der Waals surface area contributed by atoms with Crippen LogP contribution in [0.4, 0.5) is 17.1 Å². The highest BCUT2D eigenvalue weighted by atomic mass is 16.6. The summed E-state index contributed by atoms with van der Waals surface area (Å²) in [6.07, 6.45) is 4.12. The zero-order valence-electron chi connectivity index (χ0n) is 19.7. The molecule has 1 unspecified atom stereocenters. The molecule has 2 rings (SSSR count). The summed E-state index contributed by atoms with van der Waals surface area (Å²) in [7, 11) is 0. The molecule has 2 aromatic carbocycles. The summed E-state index contributed by atoms with van der Waals surface area (Å²) in [6.45, 7) is 9.84. The first-order valence-electron chi connectivity index (χ1n) is 11.6. The Morgan fingerprint density at radius 2 is 1.50 bits per heavy atom. The number of rotatable bonds is 14. The first-order chi connectivity index (χ1) is 15.4. The number of carbonyl (C=O) groups excluding carboxylic acids is 1. The Morgan fingerprint density at radius 1 is 0.969 bits per heavy atom. The topological polar surface area (TPSA) is 70.6 Å². The van der Waals surface area contributed by atoms with E-state index in [1.54, 1.807) is 6.92 Å². The van der Waals surface area contributed by atoms with Crippen LogP contribution in [0.1, 0.15) is 59.3 Å². The number of carbonyl (C=O) groups is 1. The summed E-state index contributed by atoms with van der Waals surface area (Å²) in [4.78, 5) is 12.4. The van der Waals surface area contributed by atoms with Gasteiger partial charge in [0.25, 0.3) is 0 Å². The van der Waals surface area contributed by atoms with E-state index in [4.69, 9.17) is 4.74 Å². The second-order valence-corrected chi connectivity index (χ2v) is 8.41. The third-order valence-corrected chi connectivity index (χ3v) is 5.61. The maximum absolute atomic E-state index is 12.4. The number of anilines is 3. The average Bonchev–Trinajstić information content (AvgIpc) is 2.80. The fourth-order valence-corrected chi connectivity index (χ4v) is 3.61. The minimum Gasteiger partial charge on any atom is -0.453 e. The molecule has 1 atom stereocenters. The monoisotopic (exact) mass is 438 g/mol. The van der Waals surface area contributed by atoms with Crippen LogP contribution in [0, 0.1) is 0 Å². The van der Waals surface area contributed by atoms with Crippen molar-refractivity contribution in [2.24, 2.45) is 0 Å². The van der Waals surface area contributed by atoms with Crippen LogP contribution in [-0.2, 0) is 9.53 Å². The van der Waals surface area contributed by atoms with Gasteiger partial charge in [-0.1, -0.05) is 51.5 Å². The molecule has 5 nitrogen and oxygen atoms in total. The Labute approximate surface area is 192 Å². The van der Waals surface area contributed by atoms with Crippen molar-refractivity contribution in [3.8, 4) is 0 Å². The number of aliphatic hydroxyl groups is 1. The van der Waals surface area contributed by atoms with Crippen molar-refractivity contribution in [3.05, 3.63) is 66.7 Å². The van der Waals surface area contributed by atoms with Crippen LogP contribution in [0.15, 0.2) is 66.7 Å². The number of ether oxygens (including phenoxy) is 1. The van der Waals surface area contributed by atoms with Gasteiger partial charge in [-0.2, -0.15) is 0 Å². The molecule has 32 heavy (non-hydrogen) atoms. The van der Waals surface area contributed by atoms with Crippen molar-refractivity contribution in [3.63, 3.8) is 0 Å². The zero-order chi connectivity index (χ0) is 23.4. The maximum Gasteiger partial charge on any atom is 0.333 e. The van der Waals surface area contributed by atoms with Gasteiger partial charge in [0, 0.05) is 29.2 Å². The first kappa shape index (κ1) is 25.5. The highest BCUT2D eigenvalue weighted by Gasteiger charge is 2.40. The van der Waals surface area contributed by atoms with Gasteiger partial charge in [0.2, 0.25) is 0 Å². The van der Waals surface area contributed by atoms with Gasteiger partial charge in [0.05, 0.1) is 0 Å². The Balaban J connectivity index is 2.07. The lowest BCUT2D eigenvalue weighted by atomic mass is 9.85. The Kier molecular flexibility index (Phi) is 10.3. The molecule has 0 amide bonds. The summed E-state index contributed by atoms with van der Waals surface area (Å²) in [6, 6.07) is 17.9. The van der Waals surface area contributed by atoms with E-state index >= 15 is 0 Å². The van der Waals surface area contributed by atoms with Gasteiger partial charge in [0.1, 0.15) is 11.7 Å². The summed E-state index contributed by atoms with van der Waals surface area (Å²) < 4.78 is 5.90. The van der Waals surface area contributed by atoms with Crippen molar-refractivity contribution >= 4 is 23.0 Å². The molecule has 0 aromatic heterocycles. The van der Waals surface area contributed by atoms with Gasteiger partial charge in [-0.15, -0.1) is 0 Å². The van der Waals surface area contributed by atoms with E-state index in [9.17, 15) is 9.90 Å². The number of esters is 1. The second-order valence-electron chi connectivity index (χ2n) is 8.41. The first-order valence-corrected chi connectivity index (χ1v) is 11.6. The summed E-state index contributed by atoms with van der Waals surface area (Å²) in [5.41, 5.74) is 2.35. The van der Waals surface area contributed by atoms with E-state index < -0.39 is 17.7 Å². The molecule has 0 aliphatic heterocycles. The molecule has 0 saturated carbocycles. The third-order valence-electron chi connectivity index (χ3n) is 5.61. The Hall–Kier alpha value is -2.79.